The molecule has 16 heavy (non-hydrogen) atoms. The molecule has 0 atom stereocenters. The summed E-state index contributed by atoms with van der Waals surface area (Å²) >= 11 is 0. The van der Waals surface area contributed by atoms with Gasteiger partial charge in [0.1, 0.15) is 0 Å². The van der Waals surface area contributed by atoms with Crippen LogP contribution in [0.5, 0.6) is 0 Å². The highest BCUT2D eigenvalue weighted by atomic mass is 14.7. The van der Waals surface area contributed by atoms with Crippen molar-refractivity contribution in [1.29, 1.82) is 0 Å². The van der Waals surface area contributed by atoms with E-state index in [1.54, 1.807) is 0 Å². The summed E-state index contributed by atoms with van der Waals surface area (Å²) in [5.41, 5.74) is 5.75. The molecule has 0 radical (unpaired) electrons. The van der Waals surface area contributed by atoms with Gasteiger partial charge in [-0.25, -0.2) is 0 Å². The zero-order valence-corrected chi connectivity index (χ0v) is 9.99. The zero-order chi connectivity index (χ0) is 11.5. The van der Waals surface area contributed by atoms with Crippen LogP contribution >= 0.6 is 0 Å². The maximum atomic E-state index is 4.52. The number of hydrogen-bond acceptors (Lipinski definition) is 2. The van der Waals surface area contributed by atoms with Crippen LogP contribution in [0.15, 0.2) is 30.5 Å². The average Bonchev–Trinajstić information content (AvgIpc) is 2.15. The molecule has 2 heterocycles. The minimum absolute atomic E-state index is 0.810. The maximum absolute atomic E-state index is 4.52. The Morgan fingerprint density at radius 1 is 0.938 bits per heavy atom. The van der Waals surface area contributed by atoms with Crippen LogP contribution in [-0.2, 0) is 6.42 Å². The first-order valence-corrected chi connectivity index (χ1v) is 5.49. The summed E-state index contributed by atoms with van der Waals surface area (Å²) in [5.74, 6) is 0. The van der Waals surface area contributed by atoms with Crippen molar-refractivity contribution in [3.05, 3.63) is 58.7 Å². The molecule has 0 saturated heterocycles. The summed E-state index contributed by atoms with van der Waals surface area (Å²) in [7, 11) is 0. The fourth-order valence-corrected chi connectivity index (χ4v) is 1.90. The zero-order valence-electron chi connectivity index (χ0n) is 9.99. The topological polar surface area (TPSA) is 25.8 Å². The van der Waals surface area contributed by atoms with Gasteiger partial charge in [0.25, 0.3) is 0 Å². The van der Waals surface area contributed by atoms with Gasteiger partial charge in [-0.1, -0.05) is 0 Å². The molecule has 0 N–H and O–H groups in total. The molecular weight excluding hydrogens is 196 g/mol. The quantitative estimate of drug-likeness (QED) is 0.764. The number of pyridine rings is 2. The van der Waals surface area contributed by atoms with Crippen molar-refractivity contribution in [3.63, 3.8) is 0 Å². The number of aromatic nitrogens is 2. The molecule has 2 rings (SSSR count). The fourth-order valence-electron chi connectivity index (χ4n) is 1.90. The summed E-state index contributed by atoms with van der Waals surface area (Å²) in [4.78, 5) is 8.87. The van der Waals surface area contributed by atoms with Crippen LogP contribution < -0.4 is 0 Å². The van der Waals surface area contributed by atoms with Crippen LogP contribution in [0, 0.1) is 20.8 Å². The molecule has 0 aliphatic heterocycles. The van der Waals surface area contributed by atoms with E-state index in [9.17, 15) is 0 Å². The highest BCUT2D eigenvalue weighted by Crippen LogP contribution is 2.09. The molecule has 0 bridgehead atoms. The minimum Gasteiger partial charge on any atom is -0.261 e. The van der Waals surface area contributed by atoms with E-state index in [1.165, 1.54) is 11.1 Å². The van der Waals surface area contributed by atoms with Gasteiger partial charge >= 0.3 is 0 Å². The average molecular weight is 212 g/mol. The molecule has 0 aliphatic rings. The van der Waals surface area contributed by atoms with Crippen LogP contribution in [0.4, 0.5) is 0 Å². The van der Waals surface area contributed by atoms with Crippen molar-refractivity contribution in [3.8, 4) is 0 Å². The van der Waals surface area contributed by atoms with Crippen molar-refractivity contribution < 1.29 is 0 Å². The molecule has 2 nitrogen and oxygen atoms in total. The molecule has 2 heteroatoms. The van der Waals surface area contributed by atoms with E-state index in [0.717, 1.165) is 23.5 Å². The van der Waals surface area contributed by atoms with Gasteiger partial charge in [0.15, 0.2) is 0 Å². The van der Waals surface area contributed by atoms with Crippen LogP contribution in [0.3, 0.4) is 0 Å². The minimum atomic E-state index is 0.810. The largest absolute Gasteiger partial charge is 0.261 e. The van der Waals surface area contributed by atoms with Crippen molar-refractivity contribution in [2.45, 2.75) is 27.2 Å². The highest BCUT2D eigenvalue weighted by molar-refractivity contribution is 5.24. The van der Waals surface area contributed by atoms with Gasteiger partial charge in [-0.15, -0.1) is 0 Å². The molecule has 0 amide bonds. The Morgan fingerprint density at radius 3 is 2.38 bits per heavy atom. The van der Waals surface area contributed by atoms with Gasteiger partial charge in [0.05, 0.1) is 0 Å². The summed E-state index contributed by atoms with van der Waals surface area (Å²) in [6.45, 7) is 6.21. The van der Waals surface area contributed by atoms with Crippen molar-refractivity contribution in [2.24, 2.45) is 0 Å². The molecule has 0 aromatic carbocycles. The van der Waals surface area contributed by atoms with E-state index < -0.39 is 0 Å². The number of nitrogens with zero attached hydrogens (tertiary/aromatic N) is 2. The second kappa shape index (κ2) is 4.44. The van der Waals surface area contributed by atoms with Gasteiger partial charge in [-0.2, -0.15) is 0 Å². The Kier molecular flexibility index (Phi) is 3.00. The normalized spacial score (nSPS) is 10.4. The number of aryl methyl sites for hydroxylation is 3. The predicted octanol–water partition coefficient (Wildman–Crippen LogP) is 2.99. The SMILES string of the molecule is Cc1ccnc(Cc2cc(C)cc(C)n2)c1. The molecule has 0 spiro atoms. The smallest absolute Gasteiger partial charge is 0.0469 e. The third-order valence-corrected chi connectivity index (χ3v) is 2.49. The second-order valence-electron chi connectivity index (χ2n) is 4.28. The first kappa shape index (κ1) is 10.8. The van der Waals surface area contributed by atoms with E-state index in [2.05, 4.69) is 42.0 Å². The third kappa shape index (κ3) is 2.66. The van der Waals surface area contributed by atoms with Gasteiger partial charge in [0, 0.05) is 29.7 Å². The van der Waals surface area contributed by atoms with Crippen LogP contribution in [0.2, 0.25) is 0 Å². The second-order valence-corrected chi connectivity index (χ2v) is 4.28. The van der Waals surface area contributed by atoms with Crippen molar-refractivity contribution >= 4 is 0 Å². The third-order valence-electron chi connectivity index (χ3n) is 2.49. The number of rotatable bonds is 2. The molecule has 0 aliphatic carbocycles. The maximum Gasteiger partial charge on any atom is 0.0469 e. The predicted molar refractivity (Wildman–Crippen MR) is 65.5 cm³/mol. The lowest BCUT2D eigenvalue weighted by Crippen LogP contribution is -1.97. The summed E-state index contributed by atoms with van der Waals surface area (Å²) in [5, 5.41) is 0. The van der Waals surface area contributed by atoms with Crippen molar-refractivity contribution in [2.75, 3.05) is 0 Å². The summed E-state index contributed by atoms with van der Waals surface area (Å²) < 4.78 is 0. The van der Waals surface area contributed by atoms with Gasteiger partial charge in [-0.05, 0) is 56.2 Å². The van der Waals surface area contributed by atoms with Gasteiger partial charge in [0.2, 0.25) is 0 Å². The van der Waals surface area contributed by atoms with E-state index in [1.807, 2.05) is 19.2 Å². The monoisotopic (exact) mass is 212 g/mol. The molecule has 0 fully saturated rings. The Bertz CT molecular complexity index is 484. The fraction of sp³-hybridized carbons (Fsp3) is 0.286. The lowest BCUT2D eigenvalue weighted by Gasteiger charge is -2.04. The van der Waals surface area contributed by atoms with Gasteiger partial charge < -0.3 is 0 Å². The van der Waals surface area contributed by atoms with E-state index >= 15 is 0 Å². The molecule has 0 unspecified atom stereocenters. The van der Waals surface area contributed by atoms with Crippen LogP contribution in [-0.4, -0.2) is 9.97 Å². The number of hydrogen-bond donors (Lipinski definition) is 0. The molecule has 82 valence electrons. The Hall–Kier alpha value is -1.70. The van der Waals surface area contributed by atoms with Crippen molar-refractivity contribution in [1.82, 2.24) is 9.97 Å². The van der Waals surface area contributed by atoms with E-state index in [4.69, 9.17) is 0 Å². The highest BCUT2D eigenvalue weighted by Gasteiger charge is 2.01. The van der Waals surface area contributed by atoms with Gasteiger partial charge in [-0.3, -0.25) is 9.97 Å². The van der Waals surface area contributed by atoms with E-state index in [0.29, 0.717) is 0 Å². The summed E-state index contributed by atoms with van der Waals surface area (Å²) in [6, 6.07) is 8.34. The van der Waals surface area contributed by atoms with E-state index in [-0.39, 0.29) is 0 Å². The first-order valence-electron chi connectivity index (χ1n) is 5.49. The summed E-state index contributed by atoms with van der Waals surface area (Å²) in [6.07, 6.45) is 2.66. The molecule has 2 aromatic rings. The standard InChI is InChI=1S/C14H16N2/c1-10-4-5-15-13(7-10)9-14-8-11(2)6-12(3)16-14/h4-8H,9H2,1-3H3. The molecule has 0 saturated carbocycles. The lowest BCUT2D eigenvalue weighted by atomic mass is 10.1. The molecular formula is C14H16N2. The van der Waals surface area contributed by atoms with Crippen LogP contribution in [0.1, 0.15) is 28.2 Å². The van der Waals surface area contributed by atoms with Crippen LogP contribution in [0.25, 0.3) is 0 Å². The lowest BCUT2D eigenvalue weighted by molar-refractivity contribution is 0.981. The Morgan fingerprint density at radius 2 is 1.69 bits per heavy atom. The Balaban J connectivity index is 2.27. The Labute approximate surface area is 96.4 Å². The molecule has 2 aromatic heterocycles. The first-order chi connectivity index (χ1) is 7.63.